The molecule has 3 aromatic carbocycles. The Labute approximate surface area is 179 Å². The highest BCUT2D eigenvalue weighted by molar-refractivity contribution is 7.92. The topological polar surface area (TPSA) is 118 Å². The fourth-order valence-corrected chi connectivity index (χ4v) is 4.07. The Morgan fingerprint density at radius 3 is 2.26 bits per heavy atom. The summed E-state index contributed by atoms with van der Waals surface area (Å²) in [6.45, 7) is 3.35. The second-order valence-electron chi connectivity index (χ2n) is 6.91. The minimum atomic E-state index is -4.12. The van der Waals surface area contributed by atoms with Crippen LogP contribution in [0, 0.1) is 19.7 Å². The molecule has 0 aromatic heterocycles. The molecule has 9 heteroatoms. The Hall–Kier alpha value is -3.72. The Balaban J connectivity index is 1.88. The van der Waals surface area contributed by atoms with Crippen molar-refractivity contribution in [2.75, 3.05) is 10.0 Å². The fraction of sp³-hybridized carbons (Fsp3) is 0.0909. The van der Waals surface area contributed by atoms with Gasteiger partial charge in [0.25, 0.3) is 15.9 Å². The average molecular weight is 441 g/mol. The molecule has 0 saturated carbocycles. The molecule has 3 rings (SSSR count). The van der Waals surface area contributed by atoms with E-state index < -0.39 is 27.7 Å². The number of primary amides is 1. The molecule has 0 aliphatic carbocycles. The minimum Gasteiger partial charge on any atom is -0.366 e. The van der Waals surface area contributed by atoms with E-state index in [2.05, 4.69) is 10.0 Å². The summed E-state index contributed by atoms with van der Waals surface area (Å²) in [5.41, 5.74) is 7.12. The molecule has 0 heterocycles. The van der Waals surface area contributed by atoms with Crippen LogP contribution < -0.4 is 15.8 Å². The molecule has 0 bridgehead atoms. The number of nitrogens with one attached hydrogen (secondary N) is 2. The lowest BCUT2D eigenvalue weighted by Crippen LogP contribution is -2.18. The van der Waals surface area contributed by atoms with Gasteiger partial charge in [0.05, 0.1) is 10.6 Å². The van der Waals surface area contributed by atoms with Crippen molar-refractivity contribution in [3.8, 4) is 0 Å². The van der Waals surface area contributed by atoms with E-state index in [-0.39, 0.29) is 16.1 Å². The number of halogens is 1. The van der Waals surface area contributed by atoms with Crippen molar-refractivity contribution in [3.05, 3.63) is 88.7 Å². The van der Waals surface area contributed by atoms with E-state index >= 15 is 0 Å². The van der Waals surface area contributed by atoms with Crippen LogP contribution in [0.25, 0.3) is 0 Å². The highest BCUT2D eigenvalue weighted by Gasteiger charge is 2.20. The predicted molar refractivity (Wildman–Crippen MR) is 116 cm³/mol. The first-order valence-electron chi connectivity index (χ1n) is 9.18. The monoisotopic (exact) mass is 441 g/mol. The molecule has 0 spiro atoms. The quantitative estimate of drug-likeness (QED) is 0.542. The number of para-hydroxylation sites is 1. The second-order valence-corrected chi connectivity index (χ2v) is 8.59. The standard InChI is InChI=1S/C22H20FN3O4S/c1-13-7-9-16(31(29,30)26-20-6-4-3-5-19(20)23)12-18(13)22(28)25-15-8-10-17(21(24)27)14(2)11-15/h3-12,26H,1-2H3,(H2,24,27)(H,25,28). The Morgan fingerprint density at radius 1 is 0.903 bits per heavy atom. The molecule has 0 atom stereocenters. The smallest absolute Gasteiger partial charge is 0.262 e. The van der Waals surface area contributed by atoms with Crippen molar-refractivity contribution in [1.29, 1.82) is 0 Å². The van der Waals surface area contributed by atoms with Gasteiger partial charge >= 0.3 is 0 Å². The molecule has 0 unspecified atom stereocenters. The summed E-state index contributed by atoms with van der Waals surface area (Å²) >= 11 is 0. The number of carbonyl (C=O) groups is 2. The molecule has 160 valence electrons. The molecule has 0 fully saturated rings. The maximum atomic E-state index is 13.8. The summed E-state index contributed by atoms with van der Waals surface area (Å²) in [5, 5.41) is 2.68. The van der Waals surface area contributed by atoms with Crippen molar-refractivity contribution < 1.29 is 22.4 Å². The van der Waals surface area contributed by atoms with Gasteiger partial charge in [-0.05, 0) is 67.4 Å². The number of hydrogen-bond acceptors (Lipinski definition) is 4. The van der Waals surface area contributed by atoms with Gasteiger partial charge in [0.2, 0.25) is 5.91 Å². The lowest BCUT2D eigenvalue weighted by Gasteiger charge is -2.13. The van der Waals surface area contributed by atoms with E-state index in [9.17, 15) is 22.4 Å². The number of carbonyl (C=O) groups excluding carboxylic acids is 2. The first-order valence-corrected chi connectivity index (χ1v) is 10.7. The first-order chi connectivity index (χ1) is 14.6. The Bertz CT molecular complexity index is 1290. The Morgan fingerprint density at radius 2 is 1.61 bits per heavy atom. The summed E-state index contributed by atoms with van der Waals surface area (Å²) in [7, 11) is -4.12. The number of hydrogen-bond donors (Lipinski definition) is 3. The lowest BCUT2D eigenvalue weighted by molar-refractivity contribution is 0.0997. The molecule has 31 heavy (non-hydrogen) atoms. The largest absolute Gasteiger partial charge is 0.366 e. The maximum absolute atomic E-state index is 13.8. The van der Waals surface area contributed by atoms with Gasteiger partial charge in [-0.1, -0.05) is 18.2 Å². The summed E-state index contributed by atoms with van der Waals surface area (Å²) in [6.07, 6.45) is 0. The minimum absolute atomic E-state index is 0.132. The van der Waals surface area contributed by atoms with Crippen molar-refractivity contribution in [3.63, 3.8) is 0 Å². The van der Waals surface area contributed by atoms with Crippen molar-refractivity contribution in [2.24, 2.45) is 5.73 Å². The third-order valence-corrected chi connectivity index (χ3v) is 6.00. The van der Waals surface area contributed by atoms with Crippen molar-refractivity contribution in [2.45, 2.75) is 18.7 Å². The van der Waals surface area contributed by atoms with Crippen LogP contribution in [-0.4, -0.2) is 20.2 Å². The number of amides is 2. The molecule has 7 nitrogen and oxygen atoms in total. The molecule has 0 saturated heterocycles. The number of anilines is 2. The molecule has 0 aliphatic rings. The van der Waals surface area contributed by atoms with Crippen LogP contribution in [0.5, 0.6) is 0 Å². The van der Waals surface area contributed by atoms with Gasteiger partial charge < -0.3 is 11.1 Å². The zero-order valence-electron chi connectivity index (χ0n) is 16.8. The number of aryl methyl sites for hydroxylation is 2. The third kappa shape index (κ3) is 4.89. The van der Waals surface area contributed by atoms with Gasteiger partial charge in [0.15, 0.2) is 0 Å². The summed E-state index contributed by atoms with van der Waals surface area (Å²) in [6, 6.07) is 14.0. The SMILES string of the molecule is Cc1cc(NC(=O)c2cc(S(=O)(=O)Nc3ccccc3F)ccc2C)ccc1C(N)=O. The second kappa shape index (κ2) is 8.57. The summed E-state index contributed by atoms with van der Waals surface area (Å²) in [4.78, 5) is 23.9. The van der Waals surface area contributed by atoms with E-state index in [0.29, 0.717) is 22.4 Å². The van der Waals surface area contributed by atoms with E-state index in [1.807, 2.05) is 0 Å². The fourth-order valence-electron chi connectivity index (χ4n) is 2.98. The molecule has 3 aromatic rings. The van der Waals surface area contributed by atoms with E-state index in [1.165, 1.54) is 48.5 Å². The molecule has 4 N–H and O–H groups in total. The molecule has 0 radical (unpaired) electrons. The van der Waals surface area contributed by atoms with Crippen LogP contribution in [0.15, 0.2) is 65.6 Å². The highest BCUT2D eigenvalue weighted by atomic mass is 32.2. The highest BCUT2D eigenvalue weighted by Crippen LogP contribution is 2.22. The predicted octanol–water partition coefficient (Wildman–Crippen LogP) is 3.59. The number of sulfonamides is 1. The van der Waals surface area contributed by atoms with Gasteiger partial charge in [-0.3, -0.25) is 14.3 Å². The molecule has 2 amide bonds. The first kappa shape index (κ1) is 22.0. The van der Waals surface area contributed by atoms with Crippen LogP contribution in [0.1, 0.15) is 31.8 Å². The van der Waals surface area contributed by atoms with Crippen molar-refractivity contribution in [1.82, 2.24) is 0 Å². The van der Waals surface area contributed by atoms with Crippen LogP contribution in [0.3, 0.4) is 0 Å². The zero-order chi connectivity index (χ0) is 22.8. The normalized spacial score (nSPS) is 11.1. The number of nitrogens with two attached hydrogens (primary N) is 1. The molecular weight excluding hydrogens is 421 g/mol. The summed E-state index contributed by atoms with van der Waals surface area (Å²) < 4.78 is 41.4. The zero-order valence-corrected chi connectivity index (χ0v) is 17.6. The number of benzene rings is 3. The van der Waals surface area contributed by atoms with Crippen LogP contribution >= 0.6 is 0 Å². The van der Waals surface area contributed by atoms with Crippen LogP contribution in [0.4, 0.5) is 15.8 Å². The number of rotatable bonds is 6. The lowest BCUT2D eigenvalue weighted by atomic mass is 10.1. The average Bonchev–Trinajstić information content (AvgIpc) is 2.69. The van der Waals surface area contributed by atoms with Gasteiger partial charge in [0.1, 0.15) is 5.82 Å². The van der Waals surface area contributed by atoms with E-state index in [4.69, 9.17) is 5.73 Å². The van der Waals surface area contributed by atoms with E-state index in [0.717, 1.165) is 6.07 Å². The van der Waals surface area contributed by atoms with Gasteiger partial charge in [-0.25, -0.2) is 12.8 Å². The van der Waals surface area contributed by atoms with Crippen LogP contribution in [-0.2, 0) is 10.0 Å². The van der Waals surface area contributed by atoms with Gasteiger partial charge in [0, 0.05) is 16.8 Å². The van der Waals surface area contributed by atoms with Crippen molar-refractivity contribution >= 4 is 33.2 Å². The molecular formula is C22H20FN3O4S. The van der Waals surface area contributed by atoms with Crippen LogP contribution in [0.2, 0.25) is 0 Å². The Kier molecular flexibility index (Phi) is 6.07. The maximum Gasteiger partial charge on any atom is 0.262 e. The summed E-state index contributed by atoms with van der Waals surface area (Å²) in [5.74, 6) is -1.83. The van der Waals surface area contributed by atoms with Gasteiger partial charge in [-0.2, -0.15) is 0 Å². The van der Waals surface area contributed by atoms with Gasteiger partial charge in [-0.15, -0.1) is 0 Å². The van der Waals surface area contributed by atoms with E-state index in [1.54, 1.807) is 19.9 Å². The third-order valence-electron chi connectivity index (χ3n) is 4.63. The molecule has 0 aliphatic heterocycles.